The third-order valence-electron chi connectivity index (χ3n) is 5.43. The number of alkyl halides is 3. The van der Waals surface area contributed by atoms with E-state index >= 15 is 0 Å². The Hall–Kier alpha value is -3.75. The molecule has 0 aliphatic heterocycles. The molecule has 0 bridgehead atoms. The van der Waals surface area contributed by atoms with Crippen molar-refractivity contribution < 1.29 is 18.0 Å². The minimum absolute atomic E-state index is 0.111. The molecule has 0 spiro atoms. The topological polar surface area (TPSA) is 72.2 Å². The number of aryl methyl sites for hydroxylation is 2. The zero-order valence-corrected chi connectivity index (χ0v) is 18.1. The number of nitrogens with zero attached hydrogens (tertiary/aromatic N) is 4. The number of anilines is 1. The van der Waals surface area contributed by atoms with E-state index in [1.54, 1.807) is 13.8 Å². The molecule has 0 fully saturated rings. The number of carbonyl (C=O) groups excluding carboxylic acids is 1. The van der Waals surface area contributed by atoms with Gasteiger partial charge in [0.05, 0.1) is 0 Å². The minimum Gasteiger partial charge on any atom is -0.326 e. The van der Waals surface area contributed by atoms with Crippen molar-refractivity contribution in [2.75, 3.05) is 5.32 Å². The predicted octanol–water partition coefficient (Wildman–Crippen LogP) is 4.92. The maximum atomic E-state index is 13.0. The SMILES string of the molecule is Cc1nc2nc(C(F)(F)F)nn2c(C)c1CCC(=O)Nc1ccccc1Cc1ccccc1. The van der Waals surface area contributed by atoms with Gasteiger partial charge in [0.15, 0.2) is 0 Å². The molecule has 33 heavy (non-hydrogen) atoms. The van der Waals surface area contributed by atoms with Crippen LogP contribution in [0.5, 0.6) is 0 Å². The first kappa shape index (κ1) is 22.4. The highest BCUT2D eigenvalue weighted by molar-refractivity contribution is 5.91. The molecule has 4 rings (SSSR count). The van der Waals surface area contributed by atoms with Gasteiger partial charge in [0.2, 0.25) is 5.91 Å². The summed E-state index contributed by atoms with van der Waals surface area (Å²) in [4.78, 5) is 20.3. The molecule has 0 aliphatic carbocycles. The van der Waals surface area contributed by atoms with Gasteiger partial charge in [-0.3, -0.25) is 4.79 Å². The molecule has 1 N–H and O–H groups in total. The Kier molecular flexibility index (Phi) is 6.13. The number of para-hydroxylation sites is 1. The highest BCUT2D eigenvalue weighted by atomic mass is 19.4. The number of carbonyl (C=O) groups is 1. The summed E-state index contributed by atoms with van der Waals surface area (Å²) in [6.07, 6.45) is -3.50. The van der Waals surface area contributed by atoms with E-state index in [9.17, 15) is 18.0 Å². The second kappa shape index (κ2) is 9.01. The molecule has 2 aromatic heterocycles. The molecule has 1 amide bonds. The number of rotatable bonds is 6. The lowest BCUT2D eigenvalue weighted by Crippen LogP contribution is -2.15. The van der Waals surface area contributed by atoms with Crippen LogP contribution < -0.4 is 5.32 Å². The van der Waals surface area contributed by atoms with E-state index in [2.05, 4.69) is 20.4 Å². The molecule has 4 aromatic rings. The van der Waals surface area contributed by atoms with Gasteiger partial charge < -0.3 is 5.32 Å². The lowest BCUT2D eigenvalue weighted by molar-refractivity contribution is -0.144. The number of fused-ring (bicyclic) bond motifs is 1. The zero-order valence-electron chi connectivity index (χ0n) is 18.1. The van der Waals surface area contributed by atoms with Crippen molar-refractivity contribution in [1.29, 1.82) is 0 Å². The summed E-state index contributed by atoms with van der Waals surface area (Å²) < 4.78 is 40.0. The number of nitrogens with one attached hydrogen (secondary N) is 1. The van der Waals surface area contributed by atoms with Crippen LogP contribution in [0.3, 0.4) is 0 Å². The van der Waals surface area contributed by atoms with Crippen molar-refractivity contribution >= 4 is 17.4 Å². The van der Waals surface area contributed by atoms with E-state index in [-0.39, 0.29) is 18.1 Å². The van der Waals surface area contributed by atoms with Gasteiger partial charge in [-0.15, -0.1) is 5.10 Å². The summed E-state index contributed by atoms with van der Waals surface area (Å²) in [5.74, 6) is -1.54. The van der Waals surface area contributed by atoms with Gasteiger partial charge >= 0.3 is 6.18 Å². The first-order valence-electron chi connectivity index (χ1n) is 10.4. The van der Waals surface area contributed by atoms with Gasteiger partial charge in [-0.05, 0) is 49.4 Å². The maximum Gasteiger partial charge on any atom is 0.453 e. The molecule has 9 heteroatoms. The van der Waals surface area contributed by atoms with Crippen LogP contribution in [0.25, 0.3) is 5.78 Å². The van der Waals surface area contributed by atoms with Crippen molar-refractivity contribution in [3.05, 3.63) is 88.5 Å². The van der Waals surface area contributed by atoms with E-state index in [0.29, 0.717) is 29.8 Å². The Balaban J connectivity index is 1.49. The van der Waals surface area contributed by atoms with Crippen molar-refractivity contribution in [1.82, 2.24) is 19.6 Å². The largest absolute Gasteiger partial charge is 0.453 e. The predicted molar refractivity (Wildman–Crippen MR) is 118 cm³/mol. The molecule has 170 valence electrons. The third kappa shape index (κ3) is 5.02. The molecule has 2 aromatic carbocycles. The minimum atomic E-state index is -4.65. The van der Waals surface area contributed by atoms with Crippen molar-refractivity contribution in [3.63, 3.8) is 0 Å². The Morgan fingerprint density at radius 3 is 2.42 bits per heavy atom. The van der Waals surface area contributed by atoms with Crippen molar-refractivity contribution in [2.24, 2.45) is 0 Å². The summed E-state index contributed by atoms with van der Waals surface area (Å²) >= 11 is 0. The molecule has 0 saturated carbocycles. The van der Waals surface area contributed by atoms with Crippen molar-refractivity contribution in [2.45, 2.75) is 39.3 Å². The Morgan fingerprint density at radius 1 is 1.00 bits per heavy atom. The van der Waals surface area contributed by atoms with Crippen LogP contribution in [-0.2, 0) is 23.8 Å². The molecular weight excluding hydrogens is 431 g/mol. The zero-order chi connectivity index (χ0) is 23.6. The van der Waals surface area contributed by atoms with Gasteiger partial charge in [0.1, 0.15) is 0 Å². The number of hydrogen-bond donors (Lipinski definition) is 1. The van der Waals surface area contributed by atoms with Gasteiger partial charge in [0.25, 0.3) is 11.6 Å². The average Bonchev–Trinajstić information content (AvgIpc) is 3.20. The van der Waals surface area contributed by atoms with E-state index in [4.69, 9.17) is 0 Å². The van der Waals surface area contributed by atoms with Crippen LogP contribution in [0, 0.1) is 13.8 Å². The second-order valence-corrected chi connectivity index (χ2v) is 7.77. The van der Waals surface area contributed by atoms with Crippen LogP contribution in [0.2, 0.25) is 0 Å². The van der Waals surface area contributed by atoms with Gasteiger partial charge in [-0.1, -0.05) is 48.5 Å². The molecule has 6 nitrogen and oxygen atoms in total. The number of halogens is 3. The monoisotopic (exact) mass is 453 g/mol. The molecule has 0 aliphatic rings. The molecule has 0 radical (unpaired) electrons. The smallest absolute Gasteiger partial charge is 0.326 e. The summed E-state index contributed by atoms with van der Waals surface area (Å²) in [7, 11) is 0. The van der Waals surface area contributed by atoms with Gasteiger partial charge in [0, 0.05) is 23.5 Å². The van der Waals surface area contributed by atoms with Crippen LogP contribution in [0.4, 0.5) is 18.9 Å². The fourth-order valence-corrected chi connectivity index (χ4v) is 3.75. The normalized spacial score (nSPS) is 11.7. The number of amides is 1. The fourth-order valence-electron chi connectivity index (χ4n) is 3.75. The Bertz CT molecular complexity index is 1300. The molecular formula is C24H22F3N5O. The summed E-state index contributed by atoms with van der Waals surface area (Å²) in [5.41, 5.74) is 4.55. The Morgan fingerprint density at radius 2 is 1.70 bits per heavy atom. The lowest BCUT2D eigenvalue weighted by atomic mass is 10.0. The molecule has 0 unspecified atom stereocenters. The van der Waals surface area contributed by atoms with Crippen LogP contribution in [0.15, 0.2) is 54.6 Å². The van der Waals surface area contributed by atoms with E-state index in [1.165, 1.54) is 0 Å². The number of hydrogen-bond acceptors (Lipinski definition) is 4. The lowest BCUT2D eigenvalue weighted by Gasteiger charge is -2.13. The van der Waals surface area contributed by atoms with Crippen LogP contribution in [-0.4, -0.2) is 25.5 Å². The number of aromatic nitrogens is 4. The van der Waals surface area contributed by atoms with Gasteiger partial charge in [-0.2, -0.15) is 18.2 Å². The Labute approximate surface area is 188 Å². The van der Waals surface area contributed by atoms with E-state index in [1.807, 2.05) is 54.6 Å². The summed E-state index contributed by atoms with van der Waals surface area (Å²) in [6, 6.07) is 17.6. The maximum absolute atomic E-state index is 13.0. The van der Waals surface area contributed by atoms with E-state index in [0.717, 1.165) is 21.3 Å². The van der Waals surface area contributed by atoms with E-state index < -0.39 is 12.0 Å². The summed E-state index contributed by atoms with van der Waals surface area (Å²) in [5, 5.41) is 6.51. The molecule has 0 saturated heterocycles. The van der Waals surface area contributed by atoms with Crippen LogP contribution >= 0.6 is 0 Å². The highest BCUT2D eigenvalue weighted by Crippen LogP contribution is 2.27. The molecule has 2 heterocycles. The first-order chi connectivity index (χ1) is 15.7. The first-order valence-corrected chi connectivity index (χ1v) is 10.4. The third-order valence-corrected chi connectivity index (χ3v) is 5.43. The number of benzene rings is 2. The summed E-state index contributed by atoms with van der Waals surface area (Å²) in [6.45, 7) is 3.34. The highest BCUT2D eigenvalue weighted by Gasteiger charge is 2.37. The van der Waals surface area contributed by atoms with Crippen LogP contribution in [0.1, 0.15) is 40.3 Å². The standard InChI is InChI=1S/C24H22F3N5O/c1-15-19(16(2)32-23(28-15)30-22(31-32)24(25,26)27)12-13-21(33)29-20-11-7-6-10-18(20)14-17-8-4-3-5-9-17/h3-11H,12-14H2,1-2H3,(H,29,33). The second-order valence-electron chi connectivity index (χ2n) is 7.77. The van der Waals surface area contributed by atoms with Gasteiger partial charge in [-0.25, -0.2) is 9.50 Å². The molecule has 0 atom stereocenters. The van der Waals surface area contributed by atoms with Crippen molar-refractivity contribution in [3.8, 4) is 0 Å². The quantitative estimate of drug-likeness (QED) is 0.450. The fraction of sp³-hybridized carbons (Fsp3) is 0.250. The average molecular weight is 453 g/mol.